The highest BCUT2D eigenvalue weighted by atomic mass is 32.2. The number of carbonyl (C=O) groups is 1. The summed E-state index contributed by atoms with van der Waals surface area (Å²) < 4.78 is 31.7. The summed E-state index contributed by atoms with van der Waals surface area (Å²) in [6.07, 6.45) is 1.57. The van der Waals surface area contributed by atoms with Gasteiger partial charge >= 0.3 is 6.03 Å². The van der Waals surface area contributed by atoms with Gasteiger partial charge in [-0.2, -0.15) is 4.31 Å². The summed E-state index contributed by atoms with van der Waals surface area (Å²) in [5, 5.41) is 2.76. The highest BCUT2D eigenvalue weighted by Gasteiger charge is 2.29. The first-order valence-electron chi connectivity index (χ1n) is 8.56. The maximum atomic E-state index is 12.6. The zero-order valence-electron chi connectivity index (χ0n) is 15.0. The zero-order chi connectivity index (χ0) is 19.3. The number of pyridine rings is 1. The van der Waals surface area contributed by atoms with Crippen LogP contribution in [0.4, 0.5) is 10.5 Å². The largest absolute Gasteiger partial charge is 0.480 e. The predicted octanol–water partition coefficient (Wildman–Crippen LogP) is 1.77. The van der Waals surface area contributed by atoms with Crippen molar-refractivity contribution >= 4 is 21.7 Å². The number of nitrogens with one attached hydrogen (secondary N) is 1. The van der Waals surface area contributed by atoms with Crippen molar-refractivity contribution in [2.24, 2.45) is 0 Å². The molecule has 0 saturated carbocycles. The first kappa shape index (κ1) is 19.1. The Labute approximate surface area is 158 Å². The Kier molecular flexibility index (Phi) is 5.92. The smallest absolute Gasteiger partial charge is 0.322 e. The van der Waals surface area contributed by atoms with Gasteiger partial charge in [-0.05, 0) is 17.7 Å². The Morgan fingerprint density at radius 1 is 1.11 bits per heavy atom. The third-order valence-electron chi connectivity index (χ3n) is 4.32. The summed E-state index contributed by atoms with van der Waals surface area (Å²) >= 11 is 0. The minimum Gasteiger partial charge on any atom is -0.480 e. The normalized spacial score (nSPS) is 15.4. The highest BCUT2D eigenvalue weighted by molar-refractivity contribution is 7.88. The molecule has 1 saturated heterocycles. The predicted molar refractivity (Wildman–Crippen MR) is 102 cm³/mol. The average Bonchev–Trinajstić information content (AvgIpc) is 2.69. The quantitative estimate of drug-likeness (QED) is 0.840. The fourth-order valence-electron chi connectivity index (χ4n) is 2.89. The molecule has 0 spiro atoms. The molecule has 3 rings (SSSR count). The minimum atomic E-state index is -3.41. The zero-order valence-corrected chi connectivity index (χ0v) is 15.9. The van der Waals surface area contributed by atoms with Gasteiger partial charge in [0.15, 0.2) is 0 Å². The van der Waals surface area contributed by atoms with Crippen LogP contribution in [-0.4, -0.2) is 61.9 Å². The average molecular weight is 390 g/mol. The summed E-state index contributed by atoms with van der Waals surface area (Å²) in [6.45, 7) is 1.18. The van der Waals surface area contributed by atoms with Crippen molar-refractivity contribution in [2.45, 2.75) is 5.75 Å². The molecule has 2 aromatic rings. The number of anilines is 1. The van der Waals surface area contributed by atoms with Gasteiger partial charge < -0.3 is 15.0 Å². The van der Waals surface area contributed by atoms with Gasteiger partial charge in [0.25, 0.3) is 0 Å². The van der Waals surface area contributed by atoms with Crippen LogP contribution in [0.15, 0.2) is 48.7 Å². The number of aromatic nitrogens is 1. The molecule has 1 aromatic carbocycles. The van der Waals surface area contributed by atoms with E-state index in [1.807, 2.05) is 18.2 Å². The van der Waals surface area contributed by atoms with Crippen LogP contribution in [0.25, 0.3) is 0 Å². The van der Waals surface area contributed by atoms with Gasteiger partial charge in [0.05, 0.1) is 12.9 Å². The second-order valence-corrected chi connectivity index (χ2v) is 8.09. The van der Waals surface area contributed by atoms with Crippen molar-refractivity contribution in [3.05, 3.63) is 54.2 Å². The number of sulfonamides is 1. The third-order valence-corrected chi connectivity index (χ3v) is 6.17. The van der Waals surface area contributed by atoms with Crippen molar-refractivity contribution in [2.75, 3.05) is 38.6 Å². The van der Waals surface area contributed by atoms with Crippen LogP contribution in [0.2, 0.25) is 0 Å². The molecule has 0 radical (unpaired) electrons. The molecular weight excluding hydrogens is 368 g/mol. The van der Waals surface area contributed by atoms with E-state index >= 15 is 0 Å². The van der Waals surface area contributed by atoms with Gasteiger partial charge in [0.2, 0.25) is 15.9 Å². The molecule has 27 heavy (non-hydrogen) atoms. The summed E-state index contributed by atoms with van der Waals surface area (Å²) in [5.41, 5.74) is 1.23. The number of hydrogen-bond donors (Lipinski definition) is 1. The number of amides is 2. The van der Waals surface area contributed by atoms with Crippen molar-refractivity contribution in [3.8, 4) is 5.88 Å². The maximum absolute atomic E-state index is 12.6. The lowest BCUT2D eigenvalue weighted by molar-refractivity contribution is 0.184. The topological polar surface area (TPSA) is 91.8 Å². The van der Waals surface area contributed by atoms with Crippen molar-refractivity contribution < 1.29 is 17.9 Å². The first-order chi connectivity index (χ1) is 13.0. The Morgan fingerprint density at radius 2 is 1.81 bits per heavy atom. The van der Waals surface area contributed by atoms with Crippen LogP contribution in [0.1, 0.15) is 5.56 Å². The molecule has 1 aliphatic rings. The molecule has 0 aliphatic carbocycles. The summed E-state index contributed by atoms with van der Waals surface area (Å²) in [4.78, 5) is 18.1. The molecule has 1 aliphatic heterocycles. The van der Waals surface area contributed by atoms with E-state index in [1.54, 1.807) is 35.4 Å². The van der Waals surface area contributed by atoms with Gasteiger partial charge in [-0.15, -0.1) is 0 Å². The molecule has 9 heteroatoms. The molecule has 144 valence electrons. The fraction of sp³-hybridized carbons (Fsp3) is 0.333. The molecule has 1 N–H and O–H groups in total. The van der Waals surface area contributed by atoms with E-state index in [4.69, 9.17) is 4.74 Å². The Bertz CT molecular complexity index is 881. The number of methoxy groups -OCH3 is 1. The van der Waals surface area contributed by atoms with E-state index in [2.05, 4.69) is 10.3 Å². The van der Waals surface area contributed by atoms with Gasteiger partial charge in [0.1, 0.15) is 5.69 Å². The van der Waals surface area contributed by atoms with Crippen molar-refractivity contribution in [1.29, 1.82) is 0 Å². The molecule has 1 aromatic heterocycles. The monoisotopic (exact) mass is 390 g/mol. The first-order valence-corrected chi connectivity index (χ1v) is 10.2. The van der Waals surface area contributed by atoms with Crippen LogP contribution in [-0.2, 0) is 15.8 Å². The second-order valence-electron chi connectivity index (χ2n) is 6.12. The van der Waals surface area contributed by atoms with E-state index in [0.29, 0.717) is 24.7 Å². The highest BCUT2D eigenvalue weighted by Crippen LogP contribution is 2.21. The van der Waals surface area contributed by atoms with Crippen LogP contribution in [0.3, 0.4) is 0 Å². The van der Waals surface area contributed by atoms with Gasteiger partial charge in [-0.3, -0.25) is 0 Å². The van der Waals surface area contributed by atoms with Crippen molar-refractivity contribution in [3.63, 3.8) is 0 Å². The van der Waals surface area contributed by atoms with Crippen LogP contribution in [0.5, 0.6) is 5.88 Å². The number of benzene rings is 1. The Hall–Kier alpha value is -2.65. The summed E-state index contributed by atoms with van der Waals surface area (Å²) in [6, 6.07) is 12.2. The SMILES string of the molecule is COc1ncccc1NC(=O)N1CCN(S(=O)(=O)Cc2ccccc2)CC1. The van der Waals surface area contributed by atoms with Crippen LogP contribution >= 0.6 is 0 Å². The van der Waals surface area contributed by atoms with Crippen molar-refractivity contribution in [1.82, 2.24) is 14.2 Å². The lowest BCUT2D eigenvalue weighted by atomic mass is 10.2. The number of carbonyl (C=O) groups excluding carboxylic acids is 1. The minimum absolute atomic E-state index is 0.0348. The standard InChI is InChI=1S/C18H22N4O4S/c1-26-17-16(8-5-9-19-17)20-18(23)21-10-12-22(13-11-21)27(24,25)14-15-6-3-2-4-7-15/h2-9H,10-14H2,1H3,(H,20,23). The second kappa shape index (κ2) is 8.36. The Morgan fingerprint density at radius 3 is 2.48 bits per heavy atom. The van der Waals surface area contributed by atoms with E-state index in [-0.39, 0.29) is 24.9 Å². The fourth-order valence-corrected chi connectivity index (χ4v) is 4.40. The molecule has 8 nitrogen and oxygen atoms in total. The molecule has 2 amide bonds. The molecular formula is C18H22N4O4S. The number of rotatable bonds is 5. The number of piperazine rings is 1. The van der Waals surface area contributed by atoms with E-state index in [0.717, 1.165) is 5.56 Å². The molecule has 2 heterocycles. The molecule has 0 unspecified atom stereocenters. The number of nitrogens with zero attached hydrogens (tertiary/aromatic N) is 3. The van der Waals surface area contributed by atoms with E-state index in [9.17, 15) is 13.2 Å². The van der Waals surface area contributed by atoms with E-state index < -0.39 is 10.0 Å². The lowest BCUT2D eigenvalue weighted by Gasteiger charge is -2.34. The molecule has 1 fully saturated rings. The number of ether oxygens (including phenoxy) is 1. The molecule has 0 bridgehead atoms. The third kappa shape index (κ3) is 4.75. The maximum Gasteiger partial charge on any atom is 0.322 e. The van der Waals surface area contributed by atoms with Crippen LogP contribution in [0, 0.1) is 0 Å². The van der Waals surface area contributed by atoms with Gasteiger partial charge in [-0.1, -0.05) is 30.3 Å². The number of hydrogen-bond acceptors (Lipinski definition) is 5. The van der Waals surface area contributed by atoms with Gasteiger partial charge in [-0.25, -0.2) is 18.2 Å². The summed E-state index contributed by atoms with van der Waals surface area (Å²) in [5.74, 6) is 0.294. The lowest BCUT2D eigenvalue weighted by Crippen LogP contribution is -2.51. The van der Waals surface area contributed by atoms with E-state index in [1.165, 1.54) is 11.4 Å². The Balaban J connectivity index is 1.57. The van der Waals surface area contributed by atoms with Gasteiger partial charge in [0, 0.05) is 32.4 Å². The number of urea groups is 1. The van der Waals surface area contributed by atoms with Crippen LogP contribution < -0.4 is 10.1 Å². The summed E-state index contributed by atoms with van der Waals surface area (Å²) in [7, 11) is -1.93. The molecule has 0 atom stereocenters.